The molecule has 1 atom stereocenters. The Kier molecular flexibility index (Phi) is 8.65. The second-order valence-corrected chi connectivity index (χ2v) is 5.91. The largest absolute Gasteiger partial charge is 0.300 e. The summed E-state index contributed by atoms with van der Waals surface area (Å²) in [4.78, 5) is 22.4. The van der Waals surface area contributed by atoms with Crippen LogP contribution in [0.3, 0.4) is 0 Å². The molecule has 0 bridgehead atoms. The molecule has 0 saturated carbocycles. The molecule has 0 aliphatic rings. The van der Waals surface area contributed by atoms with Crippen molar-refractivity contribution in [1.82, 2.24) is 0 Å². The third-order valence-electron chi connectivity index (χ3n) is 3.88. The van der Waals surface area contributed by atoms with Gasteiger partial charge < -0.3 is 0 Å². The molecule has 0 saturated heterocycles. The molecule has 1 aromatic rings. The first-order chi connectivity index (χ1) is 10.1. The minimum absolute atomic E-state index is 0.0230. The summed E-state index contributed by atoms with van der Waals surface area (Å²) in [6.45, 7) is 3.70. The molecule has 0 heterocycles. The summed E-state index contributed by atoms with van der Waals surface area (Å²) in [5.41, 5.74) is 1.42. The SMILES string of the molecule is CCCCC(CCCCC(=O)CC(C)=O)c1ccccc1. The molecule has 1 aromatic carbocycles. The zero-order valence-corrected chi connectivity index (χ0v) is 13.4. The van der Waals surface area contributed by atoms with Crippen molar-refractivity contribution in [2.24, 2.45) is 0 Å². The number of unbranched alkanes of at least 4 members (excludes halogenated alkanes) is 2. The van der Waals surface area contributed by atoms with Gasteiger partial charge in [-0.3, -0.25) is 9.59 Å². The van der Waals surface area contributed by atoms with Crippen LogP contribution in [0.2, 0.25) is 0 Å². The highest BCUT2D eigenvalue weighted by Gasteiger charge is 2.11. The normalized spacial score (nSPS) is 12.1. The van der Waals surface area contributed by atoms with Gasteiger partial charge in [0.05, 0.1) is 6.42 Å². The van der Waals surface area contributed by atoms with Gasteiger partial charge in [0.1, 0.15) is 11.6 Å². The predicted octanol–water partition coefficient (Wildman–Crippen LogP) is 5.07. The molecule has 116 valence electrons. The lowest BCUT2D eigenvalue weighted by Crippen LogP contribution is -2.04. The molecule has 0 aliphatic heterocycles. The quantitative estimate of drug-likeness (QED) is 0.421. The maximum absolute atomic E-state index is 11.5. The molecule has 0 fully saturated rings. The van der Waals surface area contributed by atoms with E-state index in [9.17, 15) is 9.59 Å². The Hall–Kier alpha value is -1.44. The highest BCUT2D eigenvalue weighted by Crippen LogP contribution is 2.27. The summed E-state index contributed by atoms with van der Waals surface area (Å²) >= 11 is 0. The molecule has 1 rings (SSSR count). The maximum Gasteiger partial charge on any atom is 0.140 e. The molecule has 0 radical (unpaired) electrons. The number of carbonyl (C=O) groups excluding carboxylic acids is 2. The van der Waals surface area contributed by atoms with Crippen molar-refractivity contribution in [3.63, 3.8) is 0 Å². The molecule has 21 heavy (non-hydrogen) atoms. The van der Waals surface area contributed by atoms with Crippen molar-refractivity contribution in [2.75, 3.05) is 0 Å². The van der Waals surface area contributed by atoms with Gasteiger partial charge in [0, 0.05) is 6.42 Å². The van der Waals surface area contributed by atoms with E-state index in [0.717, 1.165) is 19.3 Å². The highest BCUT2D eigenvalue weighted by atomic mass is 16.1. The lowest BCUT2D eigenvalue weighted by molar-refractivity contribution is -0.125. The van der Waals surface area contributed by atoms with Crippen molar-refractivity contribution in [2.45, 2.75) is 71.1 Å². The molecular weight excluding hydrogens is 260 g/mol. The summed E-state index contributed by atoms with van der Waals surface area (Å²) < 4.78 is 0. The van der Waals surface area contributed by atoms with Gasteiger partial charge in [0.25, 0.3) is 0 Å². The summed E-state index contributed by atoms with van der Waals surface area (Å²) in [6.07, 6.45) is 7.46. The molecule has 0 aromatic heterocycles. The minimum Gasteiger partial charge on any atom is -0.300 e. The van der Waals surface area contributed by atoms with Crippen LogP contribution in [0.1, 0.15) is 76.7 Å². The number of ketones is 2. The zero-order chi connectivity index (χ0) is 15.5. The molecule has 0 amide bonds. The Balaban J connectivity index is 2.37. The molecule has 1 unspecified atom stereocenters. The Labute approximate surface area is 128 Å². The minimum atomic E-state index is -0.0230. The highest BCUT2D eigenvalue weighted by molar-refractivity contribution is 5.97. The van der Waals surface area contributed by atoms with Gasteiger partial charge in [-0.25, -0.2) is 0 Å². The van der Waals surface area contributed by atoms with E-state index in [0.29, 0.717) is 12.3 Å². The number of hydrogen-bond donors (Lipinski definition) is 0. The second kappa shape index (κ2) is 10.3. The van der Waals surface area contributed by atoms with Gasteiger partial charge in [-0.1, -0.05) is 56.5 Å². The average Bonchev–Trinajstić information content (AvgIpc) is 2.46. The van der Waals surface area contributed by atoms with Crippen LogP contribution >= 0.6 is 0 Å². The van der Waals surface area contributed by atoms with Crippen LogP contribution in [0.25, 0.3) is 0 Å². The first kappa shape index (κ1) is 17.6. The van der Waals surface area contributed by atoms with Crippen molar-refractivity contribution in [1.29, 1.82) is 0 Å². The fourth-order valence-electron chi connectivity index (χ4n) is 2.73. The average molecular weight is 288 g/mol. The standard InChI is InChI=1S/C19H28O2/c1-3-4-10-17(18-11-6-5-7-12-18)13-8-9-14-19(21)15-16(2)20/h5-7,11-12,17H,3-4,8-10,13-15H2,1-2H3. The summed E-state index contributed by atoms with van der Waals surface area (Å²) in [6, 6.07) is 10.7. The van der Waals surface area contributed by atoms with Crippen molar-refractivity contribution in [3.05, 3.63) is 35.9 Å². The van der Waals surface area contributed by atoms with Crippen molar-refractivity contribution >= 4 is 11.6 Å². The number of rotatable bonds is 11. The van der Waals surface area contributed by atoms with Crippen LogP contribution in [0.5, 0.6) is 0 Å². The molecule has 0 aliphatic carbocycles. The number of Topliss-reactive ketones (excluding diaryl/α,β-unsaturated/α-hetero) is 2. The van der Waals surface area contributed by atoms with Gasteiger partial charge in [-0.05, 0) is 37.7 Å². The smallest absolute Gasteiger partial charge is 0.140 e. The van der Waals surface area contributed by atoms with Crippen LogP contribution in [0, 0.1) is 0 Å². The summed E-state index contributed by atoms with van der Waals surface area (Å²) in [5, 5.41) is 0. The van der Waals surface area contributed by atoms with E-state index in [2.05, 4.69) is 37.3 Å². The van der Waals surface area contributed by atoms with E-state index in [1.807, 2.05) is 0 Å². The fourth-order valence-corrected chi connectivity index (χ4v) is 2.73. The van der Waals surface area contributed by atoms with Crippen LogP contribution in [-0.2, 0) is 9.59 Å². The molecule has 2 nitrogen and oxygen atoms in total. The van der Waals surface area contributed by atoms with Crippen molar-refractivity contribution in [3.8, 4) is 0 Å². The van der Waals surface area contributed by atoms with E-state index in [-0.39, 0.29) is 18.0 Å². The first-order valence-electron chi connectivity index (χ1n) is 8.19. The third-order valence-corrected chi connectivity index (χ3v) is 3.88. The Morgan fingerprint density at radius 2 is 1.67 bits per heavy atom. The van der Waals surface area contributed by atoms with Crippen LogP contribution in [-0.4, -0.2) is 11.6 Å². The van der Waals surface area contributed by atoms with Gasteiger partial charge in [-0.15, -0.1) is 0 Å². The fraction of sp³-hybridized carbons (Fsp3) is 0.579. The van der Waals surface area contributed by atoms with Crippen LogP contribution < -0.4 is 0 Å². The number of benzene rings is 1. The van der Waals surface area contributed by atoms with E-state index in [1.54, 1.807) is 0 Å². The van der Waals surface area contributed by atoms with Gasteiger partial charge in [-0.2, -0.15) is 0 Å². The Morgan fingerprint density at radius 1 is 1.00 bits per heavy atom. The Morgan fingerprint density at radius 3 is 2.29 bits per heavy atom. The van der Waals surface area contributed by atoms with Crippen molar-refractivity contribution < 1.29 is 9.59 Å². The van der Waals surface area contributed by atoms with Crippen LogP contribution in [0.4, 0.5) is 0 Å². The van der Waals surface area contributed by atoms with E-state index in [4.69, 9.17) is 0 Å². The Bertz CT molecular complexity index is 422. The molecule has 2 heteroatoms. The number of hydrogen-bond acceptors (Lipinski definition) is 2. The molecular formula is C19H28O2. The predicted molar refractivity (Wildman–Crippen MR) is 87.5 cm³/mol. The zero-order valence-electron chi connectivity index (χ0n) is 13.4. The third kappa shape index (κ3) is 7.79. The first-order valence-corrected chi connectivity index (χ1v) is 8.19. The second-order valence-electron chi connectivity index (χ2n) is 5.91. The maximum atomic E-state index is 11.5. The van der Waals surface area contributed by atoms with E-state index < -0.39 is 0 Å². The lowest BCUT2D eigenvalue weighted by atomic mass is 9.88. The topological polar surface area (TPSA) is 34.1 Å². The summed E-state index contributed by atoms with van der Waals surface area (Å²) in [5.74, 6) is 0.673. The lowest BCUT2D eigenvalue weighted by Gasteiger charge is -2.17. The summed E-state index contributed by atoms with van der Waals surface area (Å²) in [7, 11) is 0. The van der Waals surface area contributed by atoms with Gasteiger partial charge in [0.2, 0.25) is 0 Å². The molecule has 0 spiro atoms. The molecule has 0 N–H and O–H groups in total. The van der Waals surface area contributed by atoms with Gasteiger partial charge >= 0.3 is 0 Å². The van der Waals surface area contributed by atoms with E-state index in [1.165, 1.54) is 31.7 Å². The van der Waals surface area contributed by atoms with Crippen LogP contribution in [0.15, 0.2) is 30.3 Å². The number of carbonyl (C=O) groups is 2. The van der Waals surface area contributed by atoms with E-state index >= 15 is 0 Å². The van der Waals surface area contributed by atoms with Gasteiger partial charge in [0.15, 0.2) is 0 Å². The monoisotopic (exact) mass is 288 g/mol.